The van der Waals surface area contributed by atoms with E-state index < -0.39 is 0 Å². The minimum Gasteiger partial charge on any atom is -0.371 e. The van der Waals surface area contributed by atoms with Gasteiger partial charge in [-0.15, -0.1) is 0 Å². The Morgan fingerprint density at radius 3 is 2.05 bits per heavy atom. The molecule has 1 heteroatoms. The molecule has 1 aliphatic carbocycles. The molecule has 0 saturated heterocycles. The Balaban J connectivity index is 2.34. The van der Waals surface area contributed by atoms with Gasteiger partial charge in [0.15, 0.2) is 0 Å². The van der Waals surface area contributed by atoms with Gasteiger partial charge in [0.1, 0.15) is 0 Å². The van der Waals surface area contributed by atoms with Crippen molar-refractivity contribution in [1.82, 2.24) is 0 Å². The van der Waals surface area contributed by atoms with Gasteiger partial charge in [-0.3, -0.25) is 0 Å². The summed E-state index contributed by atoms with van der Waals surface area (Å²) in [4.78, 5) is 0. The average molecular weight is 274 g/mol. The summed E-state index contributed by atoms with van der Waals surface area (Å²) in [6.45, 7) is 16.5. The molecule has 0 unspecified atom stereocenters. The van der Waals surface area contributed by atoms with Gasteiger partial charge in [0.2, 0.25) is 0 Å². The van der Waals surface area contributed by atoms with Crippen molar-refractivity contribution in [3.63, 3.8) is 0 Å². The van der Waals surface area contributed by atoms with Gasteiger partial charge in [-0.05, 0) is 61.1 Å². The highest BCUT2D eigenvalue weighted by Gasteiger charge is 2.36. The van der Waals surface area contributed by atoms with Crippen molar-refractivity contribution in [2.75, 3.05) is 0 Å². The van der Waals surface area contributed by atoms with Crippen LogP contribution in [0.15, 0.2) is 18.2 Å². The Labute approximate surface area is 124 Å². The summed E-state index contributed by atoms with van der Waals surface area (Å²) >= 11 is 0. The minimum atomic E-state index is -0.0787. The van der Waals surface area contributed by atoms with Gasteiger partial charge in [0.05, 0.1) is 12.2 Å². The van der Waals surface area contributed by atoms with Crippen LogP contribution in [0.1, 0.15) is 78.0 Å². The lowest BCUT2D eigenvalue weighted by atomic mass is 9.63. The molecule has 0 aromatic heterocycles. The van der Waals surface area contributed by atoms with Crippen LogP contribution in [0.3, 0.4) is 0 Å². The molecular weight excluding hydrogens is 244 g/mol. The Morgan fingerprint density at radius 1 is 0.950 bits per heavy atom. The quantitative estimate of drug-likeness (QED) is 0.706. The number of hydrogen-bond donors (Lipinski definition) is 0. The Bertz CT molecular complexity index is 489. The molecule has 0 amide bonds. The van der Waals surface area contributed by atoms with E-state index in [1.54, 1.807) is 0 Å². The minimum absolute atomic E-state index is 0.0787. The van der Waals surface area contributed by atoms with Gasteiger partial charge >= 0.3 is 0 Å². The van der Waals surface area contributed by atoms with E-state index in [9.17, 15) is 0 Å². The number of fused-ring (bicyclic) bond motifs is 1. The molecule has 1 nitrogen and oxygen atoms in total. The van der Waals surface area contributed by atoms with Crippen molar-refractivity contribution < 1.29 is 4.74 Å². The monoisotopic (exact) mass is 274 g/mol. The third-order valence-corrected chi connectivity index (χ3v) is 4.59. The predicted molar refractivity (Wildman–Crippen MR) is 86.3 cm³/mol. The molecule has 1 aromatic rings. The second kappa shape index (κ2) is 4.87. The molecule has 1 aliphatic rings. The number of rotatable bonds is 2. The summed E-state index contributed by atoms with van der Waals surface area (Å²) in [5.74, 6) is 0. The maximum Gasteiger partial charge on any atom is 0.0724 e. The fourth-order valence-corrected chi connectivity index (χ4v) is 3.03. The molecule has 0 atom stereocenters. The van der Waals surface area contributed by atoms with Gasteiger partial charge in [-0.25, -0.2) is 0 Å². The van der Waals surface area contributed by atoms with E-state index in [1.807, 2.05) is 0 Å². The first-order valence-corrected chi connectivity index (χ1v) is 7.79. The largest absolute Gasteiger partial charge is 0.371 e. The number of ether oxygens (including phenoxy) is 1. The van der Waals surface area contributed by atoms with Gasteiger partial charge in [0, 0.05) is 0 Å². The standard InChI is InChI=1S/C19H30O/c1-17(2,3)20-13-14-8-9-15-16(12-14)19(6,7)11-10-18(15,4)5/h8-9,12H,10-11,13H2,1-7H3. The van der Waals surface area contributed by atoms with E-state index in [0.29, 0.717) is 12.0 Å². The van der Waals surface area contributed by atoms with Crippen LogP contribution in [0.25, 0.3) is 0 Å². The summed E-state index contributed by atoms with van der Waals surface area (Å²) in [7, 11) is 0. The van der Waals surface area contributed by atoms with Crippen LogP contribution in [0.4, 0.5) is 0 Å². The van der Waals surface area contributed by atoms with Crippen molar-refractivity contribution in [1.29, 1.82) is 0 Å². The zero-order chi connectivity index (χ0) is 15.2. The molecule has 0 bridgehead atoms. The Hall–Kier alpha value is -0.820. The first-order chi connectivity index (χ1) is 9.01. The summed E-state index contributed by atoms with van der Waals surface area (Å²) in [5.41, 5.74) is 4.84. The van der Waals surface area contributed by atoms with E-state index in [4.69, 9.17) is 4.74 Å². The topological polar surface area (TPSA) is 9.23 Å². The molecule has 2 rings (SSSR count). The maximum absolute atomic E-state index is 5.93. The van der Waals surface area contributed by atoms with Crippen molar-refractivity contribution in [2.24, 2.45) is 0 Å². The molecular formula is C19H30O. The molecule has 0 aliphatic heterocycles. The second-order valence-electron chi connectivity index (χ2n) is 8.55. The predicted octanol–water partition coefficient (Wildman–Crippen LogP) is 5.35. The van der Waals surface area contributed by atoms with Crippen LogP contribution in [0.5, 0.6) is 0 Å². The molecule has 20 heavy (non-hydrogen) atoms. The van der Waals surface area contributed by atoms with Gasteiger partial charge < -0.3 is 4.74 Å². The Kier molecular flexibility index (Phi) is 3.79. The highest BCUT2D eigenvalue weighted by Crippen LogP contribution is 2.45. The molecule has 0 radical (unpaired) electrons. The van der Waals surface area contributed by atoms with E-state index in [2.05, 4.69) is 66.7 Å². The van der Waals surface area contributed by atoms with E-state index >= 15 is 0 Å². The Morgan fingerprint density at radius 2 is 1.50 bits per heavy atom. The SMILES string of the molecule is CC(C)(C)OCc1ccc2c(c1)C(C)(C)CCC2(C)C. The third-order valence-electron chi connectivity index (χ3n) is 4.59. The normalized spacial score (nSPS) is 20.6. The summed E-state index contributed by atoms with van der Waals surface area (Å²) in [5, 5.41) is 0. The fourth-order valence-electron chi connectivity index (χ4n) is 3.03. The van der Waals surface area contributed by atoms with Crippen LogP contribution in [-0.4, -0.2) is 5.60 Å². The molecule has 112 valence electrons. The smallest absolute Gasteiger partial charge is 0.0724 e. The highest BCUT2D eigenvalue weighted by molar-refractivity contribution is 5.43. The molecule has 0 spiro atoms. The second-order valence-corrected chi connectivity index (χ2v) is 8.55. The van der Waals surface area contributed by atoms with Crippen LogP contribution in [0.2, 0.25) is 0 Å². The number of hydrogen-bond acceptors (Lipinski definition) is 1. The van der Waals surface area contributed by atoms with Crippen LogP contribution >= 0.6 is 0 Å². The molecule has 0 fully saturated rings. The fraction of sp³-hybridized carbons (Fsp3) is 0.684. The van der Waals surface area contributed by atoms with Crippen LogP contribution in [-0.2, 0) is 22.2 Å². The number of benzene rings is 1. The lowest BCUT2D eigenvalue weighted by molar-refractivity contribution is -0.0150. The van der Waals surface area contributed by atoms with E-state index in [-0.39, 0.29) is 11.0 Å². The zero-order valence-electron chi connectivity index (χ0n) is 14.3. The average Bonchev–Trinajstić information content (AvgIpc) is 2.32. The van der Waals surface area contributed by atoms with Gasteiger partial charge in [-0.1, -0.05) is 45.9 Å². The molecule has 0 heterocycles. The first kappa shape index (κ1) is 15.6. The summed E-state index contributed by atoms with van der Waals surface area (Å²) in [6, 6.07) is 6.95. The molecule has 0 N–H and O–H groups in total. The maximum atomic E-state index is 5.93. The molecule has 0 saturated carbocycles. The van der Waals surface area contributed by atoms with Crippen LogP contribution in [0, 0.1) is 0 Å². The van der Waals surface area contributed by atoms with Crippen molar-refractivity contribution in [2.45, 2.75) is 84.3 Å². The lowest BCUT2D eigenvalue weighted by Crippen LogP contribution is -2.34. The lowest BCUT2D eigenvalue weighted by Gasteiger charge is -2.42. The van der Waals surface area contributed by atoms with Crippen molar-refractivity contribution in [3.8, 4) is 0 Å². The third kappa shape index (κ3) is 3.25. The van der Waals surface area contributed by atoms with Gasteiger partial charge in [0.25, 0.3) is 0 Å². The van der Waals surface area contributed by atoms with Crippen LogP contribution < -0.4 is 0 Å². The first-order valence-electron chi connectivity index (χ1n) is 7.79. The van der Waals surface area contributed by atoms with Crippen molar-refractivity contribution in [3.05, 3.63) is 34.9 Å². The van der Waals surface area contributed by atoms with E-state index in [0.717, 1.165) is 0 Å². The summed E-state index contributed by atoms with van der Waals surface area (Å²) in [6.07, 6.45) is 2.53. The molecule has 1 aromatic carbocycles. The van der Waals surface area contributed by atoms with Crippen molar-refractivity contribution >= 4 is 0 Å². The highest BCUT2D eigenvalue weighted by atomic mass is 16.5. The van der Waals surface area contributed by atoms with Gasteiger partial charge in [-0.2, -0.15) is 0 Å². The van der Waals surface area contributed by atoms with E-state index in [1.165, 1.54) is 29.5 Å². The zero-order valence-corrected chi connectivity index (χ0v) is 14.3. The summed E-state index contributed by atoms with van der Waals surface area (Å²) < 4.78 is 5.93.